The highest BCUT2D eigenvalue weighted by atomic mass is 16.5. The van der Waals surface area contributed by atoms with Gasteiger partial charge in [-0.1, -0.05) is 46.7 Å². The van der Waals surface area contributed by atoms with Crippen molar-refractivity contribution in [3.63, 3.8) is 0 Å². The van der Waals surface area contributed by atoms with Crippen LogP contribution in [-0.2, 0) is 16.8 Å². The molecule has 1 fully saturated rings. The number of piperidine rings is 1. The molecule has 1 aliphatic heterocycles. The van der Waals surface area contributed by atoms with Gasteiger partial charge in [0.25, 0.3) is 0 Å². The standard InChI is InChI=1S/C17H29N3O3/c1-16(2,3)13-18-23-15(22)20(13)11-12-7-9-19(10-8-12)14(21)17(4,5)6/h12H,7-11H2,1-6H3. The van der Waals surface area contributed by atoms with Gasteiger partial charge in [0.1, 0.15) is 0 Å². The number of amides is 1. The van der Waals surface area contributed by atoms with Crippen LogP contribution in [0.25, 0.3) is 0 Å². The molecule has 0 aliphatic carbocycles. The third kappa shape index (κ3) is 4.03. The molecule has 0 saturated carbocycles. The molecule has 0 aromatic carbocycles. The Morgan fingerprint density at radius 2 is 1.74 bits per heavy atom. The summed E-state index contributed by atoms with van der Waals surface area (Å²) in [6.45, 7) is 14.0. The van der Waals surface area contributed by atoms with Gasteiger partial charge in [-0.05, 0) is 18.8 Å². The molecule has 0 bridgehead atoms. The van der Waals surface area contributed by atoms with Crippen molar-refractivity contribution < 1.29 is 9.32 Å². The topological polar surface area (TPSA) is 68.3 Å². The van der Waals surface area contributed by atoms with E-state index in [-0.39, 0.29) is 22.5 Å². The van der Waals surface area contributed by atoms with Gasteiger partial charge in [0.15, 0.2) is 5.82 Å². The summed E-state index contributed by atoms with van der Waals surface area (Å²) >= 11 is 0. The molecule has 0 radical (unpaired) electrons. The summed E-state index contributed by atoms with van der Waals surface area (Å²) in [4.78, 5) is 26.2. The Kier molecular flexibility index (Phi) is 4.74. The second-order valence-corrected chi connectivity index (χ2v) is 8.62. The lowest BCUT2D eigenvalue weighted by atomic mass is 9.90. The maximum atomic E-state index is 12.3. The summed E-state index contributed by atoms with van der Waals surface area (Å²) in [6, 6.07) is 0. The van der Waals surface area contributed by atoms with Crippen molar-refractivity contribution in [2.45, 2.75) is 66.3 Å². The predicted molar refractivity (Wildman–Crippen MR) is 88.2 cm³/mol. The van der Waals surface area contributed by atoms with Crippen LogP contribution in [0, 0.1) is 11.3 Å². The predicted octanol–water partition coefficient (Wildman–Crippen LogP) is 2.42. The molecule has 2 heterocycles. The smallest absolute Gasteiger partial charge is 0.342 e. The first-order valence-corrected chi connectivity index (χ1v) is 8.36. The van der Waals surface area contributed by atoms with Gasteiger partial charge in [0, 0.05) is 30.5 Å². The lowest BCUT2D eigenvalue weighted by molar-refractivity contribution is -0.140. The van der Waals surface area contributed by atoms with Crippen LogP contribution >= 0.6 is 0 Å². The van der Waals surface area contributed by atoms with Crippen LogP contribution in [0.4, 0.5) is 0 Å². The highest BCUT2D eigenvalue weighted by molar-refractivity contribution is 5.81. The van der Waals surface area contributed by atoms with E-state index >= 15 is 0 Å². The van der Waals surface area contributed by atoms with Gasteiger partial charge in [-0.2, -0.15) is 0 Å². The third-order valence-corrected chi connectivity index (χ3v) is 4.34. The Labute approximate surface area is 137 Å². The van der Waals surface area contributed by atoms with E-state index in [1.165, 1.54) is 0 Å². The van der Waals surface area contributed by atoms with Gasteiger partial charge in [0.2, 0.25) is 5.91 Å². The van der Waals surface area contributed by atoms with Gasteiger partial charge in [-0.25, -0.2) is 4.79 Å². The van der Waals surface area contributed by atoms with Crippen molar-refractivity contribution in [2.24, 2.45) is 11.3 Å². The lowest BCUT2D eigenvalue weighted by Gasteiger charge is -2.36. The van der Waals surface area contributed by atoms with E-state index in [2.05, 4.69) is 5.16 Å². The van der Waals surface area contributed by atoms with E-state index in [9.17, 15) is 9.59 Å². The largest absolute Gasteiger partial charge is 0.441 e. The molecule has 1 aliphatic rings. The summed E-state index contributed by atoms with van der Waals surface area (Å²) in [5, 5.41) is 3.94. The first kappa shape index (κ1) is 17.8. The highest BCUT2D eigenvalue weighted by Gasteiger charge is 2.31. The zero-order valence-electron chi connectivity index (χ0n) is 15.2. The van der Waals surface area contributed by atoms with Gasteiger partial charge in [-0.3, -0.25) is 13.9 Å². The number of rotatable bonds is 2. The molecule has 6 heteroatoms. The highest BCUT2D eigenvalue weighted by Crippen LogP contribution is 2.26. The average molecular weight is 323 g/mol. The number of nitrogens with zero attached hydrogens (tertiary/aromatic N) is 3. The lowest BCUT2D eigenvalue weighted by Crippen LogP contribution is -2.45. The minimum absolute atomic E-state index is 0.202. The van der Waals surface area contributed by atoms with Crippen LogP contribution in [-0.4, -0.2) is 33.6 Å². The molecule has 1 amide bonds. The van der Waals surface area contributed by atoms with Crippen LogP contribution in [0.2, 0.25) is 0 Å². The second-order valence-electron chi connectivity index (χ2n) is 8.62. The maximum Gasteiger partial charge on any atom is 0.441 e. The van der Waals surface area contributed by atoms with Crippen molar-refractivity contribution >= 4 is 5.91 Å². The zero-order valence-corrected chi connectivity index (χ0v) is 15.2. The molecule has 0 atom stereocenters. The van der Waals surface area contributed by atoms with Gasteiger partial charge >= 0.3 is 5.76 Å². The van der Waals surface area contributed by atoms with Crippen LogP contribution < -0.4 is 5.76 Å². The first-order chi connectivity index (χ1) is 10.5. The average Bonchev–Trinajstić information content (AvgIpc) is 2.79. The molecule has 23 heavy (non-hydrogen) atoms. The minimum atomic E-state index is -0.386. The number of carbonyl (C=O) groups excluding carboxylic acids is 1. The minimum Gasteiger partial charge on any atom is -0.342 e. The molecular formula is C17H29N3O3. The van der Waals surface area contributed by atoms with Crippen LogP contribution in [0.3, 0.4) is 0 Å². The van der Waals surface area contributed by atoms with E-state index < -0.39 is 0 Å². The van der Waals surface area contributed by atoms with Crippen molar-refractivity contribution in [2.75, 3.05) is 13.1 Å². The Bertz CT molecular complexity index is 608. The number of aromatic nitrogens is 2. The third-order valence-electron chi connectivity index (χ3n) is 4.34. The number of likely N-dealkylation sites (tertiary alicyclic amines) is 1. The molecule has 0 unspecified atom stereocenters. The molecule has 1 aromatic rings. The Balaban J connectivity index is 2.02. The van der Waals surface area contributed by atoms with E-state index in [0.29, 0.717) is 18.3 Å². The van der Waals surface area contributed by atoms with E-state index in [1.807, 2.05) is 46.4 Å². The molecule has 1 saturated heterocycles. The quantitative estimate of drug-likeness (QED) is 0.838. The Morgan fingerprint density at radius 3 is 2.22 bits per heavy atom. The summed E-state index contributed by atoms with van der Waals surface area (Å²) in [7, 11) is 0. The fourth-order valence-electron chi connectivity index (χ4n) is 3.02. The van der Waals surface area contributed by atoms with E-state index in [4.69, 9.17) is 4.52 Å². The van der Waals surface area contributed by atoms with Crippen molar-refractivity contribution in [1.29, 1.82) is 0 Å². The normalized spacial score (nSPS) is 17.6. The Morgan fingerprint density at radius 1 is 1.17 bits per heavy atom. The van der Waals surface area contributed by atoms with E-state index in [1.54, 1.807) is 4.57 Å². The second kappa shape index (κ2) is 6.13. The number of carbonyl (C=O) groups is 1. The zero-order chi connectivity index (χ0) is 17.4. The van der Waals surface area contributed by atoms with Crippen molar-refractivity contribution in [3.05, 3.63) is 16.4 Å². The fraction of sp³-hybridized carbons (Fsp3) is 0.824. The SMILES string of the molecule is CC(C)(C)C(=O)N1CCC(Cn2c(C(C)(C)C)noc2=O)CC1. The van der Waals surface area contributed by atoms with E-state index in [0.717, 1.165) is 25.9 Å². The van der Waals surface area contributed by atoms with Gasteiger partial charge in [0.05, 0.1) is 0 Å². The first-order valence-electron chi connectivity index (χ1n) is 8.36. The summed E-state index contributed by atoms with van der Waals surface area (Å²) in [6.07, 6.45) is 1.81. The molecule has 0 spiro atoms. The van der Waals surface area contributed by atoms with Gasteiger partial charge in [-0.15, -0.1) is 0 Å². The maximum absolute atomic E-state index is 12.3. The van der Waals surface area contributed by atoms with Gasteiger partial charge < -0.3 is 4.90 Å². The van der Waals surface area contributed by atoms with Crippen molar-refractivity contribution in [3.8, 4) is 0 Å². The molecule has 130 valence electrons. The Hall–Kier alpha value is -1.59. The molecule has 0 N–H and O–H groups in total. The number of hydrogen-bond acceptors (Lipinski definition) is 4. The monoisotopic (exact) mass is 323 g/mol. The summed E-state index contributed by atoms with van der Waals surface area (Å²) in [5.74, 6) is 0.879. The molecular weight excluding hydrogens is 294 g/mol. The summed E-state index contributed by atoms with van der Waals surface area (Å²) < 4.78 is 6.52. The molecule has 1 aromatic heterocycles. The summed E-state index contributed by atoms with van der Waals surface area (Å²) in [5.41, 5.74) is -0.563. The van der Waals surface area contributed by atoms with Crippen LogP contribution in [0.15, 0.2) is 9.32 Å². The molecule has 6 nitrogen and oxygen atoms in total. The van der Waals surface area contributed by atoms with Crippen molar-refractivity contribution in [1.82, 2.24) is 14.6 Å². The molecule has 2 rings (SSSR count). The van der Waals surface area contributed by atoms with Crippen LogP contribution in [0.5, 0.6) is 0 Å². The fourth-order valence-corrected chi connectivity index (χ4v) is 3.02. The van der Waals surface area contributed by atoms with Crippen LogP contribution in [0.1, 0.15) is 60.2 Å². The number of hydrogen-bond donors (Lipinski definition) is 0.